The van der Waals surface area contributed by atoms with Gasteiger partial charge in [0.15, 0.2) is 0 Å². The molecule has 9 heteroatoms. The Morgan fingerprint density at radius 3 is 2.29 bits per heavy atom. The highest BCUT2D eigenvalue weighted by molar-refractivity contribution is 7.46. The molecule has 0 aliphatic carbocycles. The Morgan fingerprint density at radius 2 is 1.67 bits per heavy atom. The van der Waals surface area contributed by atoms with Crippen LogP contribution in [-0.2, 0) is 4.57 Å². The van der Waals surface area contributed by atoms with Crippen molar-refractivity contribution >= 4 is 24.6 Å². The maximum Gasteiger partial charge on any atom is 0.524 e. The van der Waals surface area contributed by atoms with Crippen LogP contribution in [0.15, 0.2) is 48.7 Å². The van der Waals surface area contributed by atoms with E-state index >= 15 is 0 Å². The minimum atomic E-state index is -4.59. The van der Waals surface area contributed by atoms with Crippen LogP contribution in [0.1, 0.15) is 10.4 Å². The number of fused-ring (bicyclic) bond motifs is 1. The van der Waals surface area contributed by atoms with Gasteiger partial charge in [-0.15, -0.1) is 0 Å². The largest absolute Gasteiger partial charge is 0.524 e. The molecule has 1 amide bonds. The highest BCUT2D eigenvalue weighted by Crippen LogP contribution is 2.38. The summed E-state index contributed by atoms with van der Waals surface area (Å²) in [6.07, 6.45) is 1.53. The molecule has 0 bridgehead atoms. The summed E-state index contributed by atoms with van der Waals surface area (Å²) in [5.41, 5.74) is 6.43. The number of hydrogen-bond acceptors (Lipinski definition) is 4. The molecule has 0 unspecified atom stereocenters. The van der Waals surface area contributed by atoms with E-state index in [-0.39, 0.29) is 5.75 Å². The lowest BCUT2D eigenvalue weighted by Gasteiger charge is -2.09. The zero-order valence-electron chi connectivity index (χ0n) is 12.2. The Hall–Kier alpha value is -2.80. The van der Waals surface area contributed by atoms with Crippen LogP contribution in [0.2, 0.25) is 0 Å². The Morgan fingerprint density at radius 1 is 1.04 bits per heavy atom. The second-order valence-corrected chi connectivity index (χ2v) is 6.09. The summed E-state index contributed by atoms with van der Waals surface area (Å²) in [6.45, 7) is 0. The van der Waals surface area contributed by atoms with Crippen molar-refractivity contribution in [3.63, 3.8) is 0 Å². The van der Waals surface area contributed by atoms with Crippen LogP contribution in [0.4, 0.5) is 0 Å². The lowest BCUT2D eigenvalue weighted by Crippen LogP contribution is -2.09. The third-order valence-electron chi connectivity index (χ3n) is 3.20. The molecule has 3 aromatic rings. The fraction of sp³-hybridized carbons (Fsp3) is 0. The third kappa shape index (κ3) is 3.57. The predicted octanol–water partition coefficient (Wildman–Crippen LogP) is 2.53. The van der Waals surface area contributed by atoms with E-state index in [1.807, 2.05) is 0 Å². The SMILES string of the molecule is NC(=O)c1c[nH]c2ccc(Oc3ccc(OP(=O)(O)O)cc3)cc12. The molecule has 0 saturated carbocycles. The number of aromatic nitrogens is 1. The molecule has 0 atom stereocenters. The van der Waals surface area contributed by atoms with E-state index in [1.165, 1.54) is 30.5 Å². The van der Waals surface area contributed by atoms with Gasteiger partial charge < -0.3 is 20.0 Å². The van der Waals surface area contributed by atoms with E-state index < -0.39 is 13.7 Å². The first-order valence-corrected chi connectivity index (χ1v) is 8.29. The van der Waals surface area contributed by atoms with Gasteiger partial charge in [0.05, 0.1) is 5.56 Å². The summed E-state index contributed by atoms with van der Waals surface area (Å²) in [5.74, 6) is 0.391. The van der Waals surface area contributed by atoms with Crippen molar-refractivity contribution in [2.75, 3.05) is 0 Å². The maximum atomic E-state index is 11.4. The van der Waals surface area contributed by atoms with Crippen molar-refractivity contribution in [1.29, 1.82) is 0 Å². The zero-order valence-corrected chi connectivity index (χ0v) is 13.1. The number of hydrogen-bond donors (Lipinski definition) is 4. The number of aromatic amines is 1. The van der Waals surface area contributed by atoms with Gasteiger partial charge in [-0.3, -0.25) is 14.6 Å². The monoisotopic (exact) mass is 348 g/mol. The minimum Gasteiger partial charge on any atom is -0.457 e. The first-order valence-electron chi connectivity index (χ1n) is 6.76. The summed E-state index contributed by atoms with van der Waals surface area (Å²) in [7, 11) is -4.59. The number of benzene rings is 2. The molecule has 0 radical (unpaired) electrons. The fourth-order valence-corrected chi connectivity index (χ4v) is 2.61. The first kappa shape index (κ1) is 16.1. The number of carbonyl (C=O) groups excluding carboxylic acids is 1. The number of nitrogens with two attached hydrogens (primary N) is 1. The van der Waals surface area contributed by atoms with Crippen molar-refractivity contribution in [2.24, 2.45) is 5.73 Å². The summed E-state index contributed by atoms with van der Waals surface area (Å²) in [5, 5.41) is 0.640. The molecular formula is C15H13N2O6P. The van der Waals surface area contributed by atoms with Crippen LogP contribution in [0, 0.1) is 0 Å². The molecular weight excluding hydrogens is 335 g/mol. The van der Waals surface area contributed by atoms with Crippen molar-refractivity contribution in [1.82, 2.24) is 4.98 Å². The predicted molar refractivity (Wildman–Crippen MR) is 86.0 cm³/mol. The molecule has 0 saturated heterocycles. The summed E-state index contributed by atoms with van der Waals surface area (Å²) >= 11 is 0. The number of primary amides is 1. The van der Waals surface area contributed by atoms with Crippen LogP contribution < -0.4 is 15.0 Å². The van der Waals surface area contributed by atoms with Crippen molar-refractivity contribution < 1.29 is 28.4 Å². The third-order valence-corrected chi connectivity index (χ3v) is 3.65. The van der Waals surface area contributed by atoms with Gasteiger partial charge >= 0.3 is 7.82 Å². The highest BCUT2D eigenvalue weighted by Gasteiger charge is 2.15. The number of nitrogens with one attached hydrogen (secondary N) is 1. The number of phosphoric acid groups is 1. The van der Waals surface area contributed by atoms with Gasteiger partial charge in [0.2, 0.25) is 0 Å². The van der Waals surface area contributed by atoms with Crippen LogP contribution in [0.25, 0.3) is 10.9 Å². The number of amides is 1. The molecule has 3 rings (SSSR count). The lowest BCUT2D eigenvalue weighted by atomic mass is 10.1. The quantitative estimate of drug-likeness (QED) is 0.523. The molecule has 2 aromatic carbocycles. The molecule has 0 aliphatic rings. The van der Waals surface area contributed by atoms with Crippen molar-refractivity contribution in [3.8, 4) is 17.2 Å². The molecule has 5 N–H and O–H groups in total. The number of H-pyrrole nitrogens is 1. The van der Waals surface area contributed by atoms with Crippen LogP contribution >= 0.6 is 7.82 Å². The average Bonchev–Trinajstić information content (AvgIpc) is 2.91. The van der Waals surface area contributed by atoms with E-state index in [1.54, 1.807) is 18.2 Å². The maximum absolute atomic E-state index is 11.4. The summed E-state index contributed by atoms with van der Waals surface area (Å²) in [6, 6.07) is 10.9. The molecule has 1 aromatic heterocycles. The van der Waals surface area contributed by atoms with E-state index in [9.17, 15) is 9.36 Å². The Kier molecular flexibility index (Phi) is 4.02. The van der Waals surface area contributed by atoms with E-state index in [4.69, 9.17) is 20.3 Å². The second kappa shape index (κ2) is 6.01. The number of rotatable bonds is 5. The van der Waals surface area contributed by atoms with Gasteiger partial charge in [0.1, 0.15) is 17.2 Å². The van der Waals surface area contributed by atoms with Crippen LogP contribution in [-0.4, -0.2) is 20.7 Å². The fourth-order valence-electron chi connectivity index (χ4n) is 2.21. The van der Waals surface area contributed by atoms with Gasteiger partial charge in [0.25, 0.3) is 5.91 Å². The molecule has 0 spiro atoms. The first-order chi connectivity index (χ1) is 11.3. The summed E-state index contributed by atoms with van der Waals surface area (Å²) < 4.78 is 20.9. The standard InChI is InChI=1S/C15H13N2O6P/c16-15(18)13-8-17-14-6-5-11(7-12(13)14)22-9-1-3-10(4-2-9)23-24(19,20)21/h1-8,17H,(H2,16,18)(H2,19,20,21). The molecule has 1 heterocycles. The minimum absolute atomic E-state index is 0.0211. The Balaban J connectivity index is 1.83. The molecule has 0 fully saturated rings. The van der Waals surface area contributed by atoms with E-state index in [2.05, 4.69) is 9.51 Å². The summed E-state index contributed by atoms with van der Waals surface area (Å²) in [4.78, 5) is 31.8. The molecule has 24 heavy (non-hydrogen) atoms. The van der Waals surface area contributed by atoms with Gasteiger partial charge in [0, 0.05) is 17.1 Å². The zero-order chi connectivity index (χ0) is 17.3. The van der Waals surface area contributed by atoms with E-state index in [0.717, 1.165) is 5.52 Å². The smallest absolute Gasteiger partial charge is 0.457 e. The number of carbonyl (C=O) groups is 1. The topological polar surface area (TPSA) is 135 Å². The van der Waals surface area contributed by atoms with Crippen LogP contribution in [0.3, 0.4) is 0 Å². The van der Waals surface area contributed by atoms with Gasteiger partial charge in [-0.05, 0) is 42.5 Å². The van der Waals surface area contributed by atoms with Crippen molar-refractivity contribution in [3.05, 3.63) is 54.2 Å². The number of ether oxygens (including phenoxy) is 1. The second-order valence-electron chi connectivity index (χ2n) is 4.93. The normalized spacial score (nSPS) is 11.4. The van der Waals surface area contributed by atoms with Gasteiger partial charge in [-0.25, -0.2) is 4.57 Å². The molecule has 0 aliphatic heterocycles. The lowest BCUT2D eigenvalue weighted by molar-refractivity contribution is 0.100. The average molecular weight is 348 g/mol. The van der Waals surface area contributed by atoms with Gasteiger partial charge in [-0.1, -0.05) is 0 Å². The van der Waals surface area contributed by atoms with E-state index in [0.29, 0.717) is 22.4 Å². The molecule has 124 valence electrons. The Bertz CT molecular complexity index is 944. The van der Waals surface area contributed by atoms with Crippen molar-refractivity contribution in [2.45, 2.75) is 0 Å². The Labute approximate surface area is 136 Å². The van der Waals surface area contributed by atoms with Gasteiger partial charge in [-0.2, -0.15) is 0 Å². The molecule has 8 nitrogen and oxygen atoms in total. The number of phosphoric ester groups is 1. The van der Waals surface area contributed by atoms with Crippen LogP contribution in [0.5, 0.6) is 17.2 Å². The highest BCUT2D eigenvalue weighted by atomic mass is 31.2.